The van der Waals surface area contributed by atoms with Crippen LogP contribution in [0, 0.1) is 0 Å². The molecule has 0 spiro atoms. The summed E-state index contributed by atoms with van der Waals surface area (Å²) in [4.78, 5) is 66.4. The Morgan fingerprint density at radius 2 is 1.78 bits per heavy atom. The number of amides is 1. The molecule has 58 heavy (non-hydrogen) atoms. The molecule has 296 valence electrons. The van der Waals surface area contributed by atoms with Crippen LogP contribution in [-0.2, 0) is 33.8 Å². The first-order valence-corrected chi connectivity index (χ1v) is 18.9. The molecule has 3 aliphatic heterocycles. The largest absolute Gasteiger partial charge is 0.508 e. The maximum atomic E-state index is 13.9. The first-order valence-electron chi connectivity index (χ1n) is 18.9. The summed E-state index contributed by atoms with van der Waals surface area (Å²) in [5.41, 5.74) is 4.44. The van der Waals surface area contributed by atoms with Crippen LogP contribution >= 0.6 is 0 Å². The van der Waals surface area contributed by atoms with Crippen molar-refractivity contribution in [3.63, 3.8) is 0 Å². The smallest absolute Gasteiger partial charge is 0.411 e. The van der Waals surface area contributed by atoms with Crippen molar-refractivity contribution in [1.29, 1.82) is 0 Å². The van der Waals surface area contributed by atoms with Gasteiger partial charge in [-0.05, 0) is 65.9 Å². The van der Waals surface area contributed by atoms with Gasteiger partial charge in [0.15, 0.2) is 5.82 Å². The molecular weight excluding hydrogens is 748 g/mol. The van der Waals surface area contributed by atoms with E-state index < -0.39 is 23.9 Å². The van der Waals surface area contributed by atoms with Crippen molar-refractivity contribution in [2.75, 3.05) is 31.1 Å². The molecule has 0 radical (unpaired) electrons. The number of hydrogen-bond acceptors (Lipinski definition) is 13. The maximum absolute atomic E-state index is 13.9. The number of phenols is 3. The van der Waals surface area contributed by atoms with Crippen molar-refractivity contribution >= 4 is 28.8 Å². The van der Waals surface area contributed by atoms with Crippen LogP contribution in [0.25, 0.3) is 39.4 Å². The third kappa shape index (κ3) is 5.88. The fraction of sp³-hybridized carbons (Fsp3) is 0.293. The minimum atomic E-state index is -1.45. The molecule has 1 fully saturated rings. The number of nitrogens with one attached hydrogen (secondary N) is 1. The molecule has 0 aliphatic carbocycles. The Labute approximate surface area is 329 Å². The maximum Gasteiger partial charge on any atom is 0.411 e. The highest BCUT2D eigenvalue weighted by molar-refractivity contribution is 5.89. The first kappa shape index (κ1) is 36.5. The Hall–Kier alpha value is -7.17. The van der Waals surface area contributed by atoms with Crippen LogP contribution < -0.4 is 16.1 Å². The van der Waals surface area contributed by atoms with Gasteiger partial charge in [0.25, 0.3) is 5.56 Å². The van der Waals surface area contributed by atoms with E-state index >= 15 is 0 Å². The van der Waals surface area contributed by atoms with E-state index in [1.807, 2.05) is 25.7 Å². The number of anilines is 1. The topological polar surface area (TPSA) is 218 Å². The second-order valence-electron chi connectivity index (χ2n) is 14.8. The molecule has 1 saturated heterocycles. The zero-order chi connectivity index (χ0) is 40.6. The lowest BCUT2D eigenvalue weighted by Crippen LogP contribution is -2.49. The number of rotatable bonds is 6. The monoisotopic (exact) mass is 786 g/mol. The molecule has 0 bridgehead atoms. The average molecular weight is 787 g/mol. The number of cyclic esters (lactones) is 1. The molecule has 2 aromatic carbocycles. The summed E-state index contributed by atoms with van der Waals surface area (Å²) in [6.45, 7) is 7.06. The second-order valence-corrected chi connectivity index (χ2v) is 14.8. The van der Waals surface area contributed by atoms with Crippen molar-refractivity contribution in [3.05, 3.63) is 103 Å². The standard InChI is InChI=1S/C41H38N8O9/c1-4-23-25-13-22(50)6-7-30(25)43-35-28(23)18-48-31(35)15-26-29(38(48)53)19-57-39(54)36(26)58-41(56)47-11-9-46(10-12-47)34-8-5-21(17-42-34)49-37(44-45-40(49)55)27-14-24(20(2)3)32(51)16-33(27)52/h5-8,13-17,20,36,50-52H,4,9-12,18-19H2,1-3H3,(H,45,55)/t36-/m0/s1. The number of aromatic nitrogens is 6. The number of carbonyl (C=O) groups excluding carboxylic acids is 2. The summed E-state index contributed by atoms with van der Waals surface area (Å²) >= 11 is 0. The molecule has 1 atom stereocenters. The quantitative estimate of drug-likeness (QED) is 0.174. The van der Waals surface area contributed by atoms with Gasteiger partial charge in [0.05, 0.1) is 46.5 Å². The van der Waals surface area contributed by atoms with Crippen LogP contribution in [0.3, 0.4) is 0 Å². The van der Waals surface area contributed by atoms with Crippen LogP contribution in [-0.4, -0.2) is 87.8 Å². The number of H-pyrrole nitrogens is 1. The summed E-state index contributed by atoms with van der Waals surface area (Å²) in [6, 6.07) is 12.9. The third-order valence-corrected chi connectivity index (χ3v) is 11.1. The molecule has 17 heteroatoms. The van der Waals surface area contributed by atoms with Gasteiger partial charge in [0, 0.05) is 48.8 Å². The number of hydrogen-bond donors (Lipinski definition) is 4. The zero-order valence-electron chi connectivity index (χ0n) is 31.7. The van der Waals surface area contributed by atoms with Gasteiger partial charge >= 0.3 is 17.8 Å². The molecule has 7 heterocycles. The summed E-state index contributed by atoms with van der Waals surface area (Å²) in [5, 5.41) is 38.5. The van der Waals surface area contributed by atoms with Crippen molar-refractivity contribution in [1.82, 2.24) is 34.2 Å². The van der Waals surface area contributed by atoms with Crippen molar-refractivity contribution < 1.29 is 34.4 Å². The lowest BCUT2D eigenvalue weighted by molar-refractivity contribution is -0.158. The number of aromatic hydroxyl groups is 3. The van der Waals surface area contributed by atoms with Crippen LogP contribution in [0.15, 0.2) is 64.3 Å². The lowest BCUT2D eigenvalue weighted by Gasteiger charge is -2.35. The van der Waals surface area contributed by atoms with Crippen molar-refractivity contribution in [2.24, 2.45) is 0 Å². The number of piperazine rings is 1. The van der Waals surface area contributed by atoms with E-state index in [1.54, 1.807) is 47.0 Å². The molecule has 4 N–H and O–H groups in total. The van der Waals surface area contributed by atoms with E-state index in [-0.39, 0.29) is 77.5 Å². The number of pyridine rings is 3. The van der Waals surface area contributed by atoms with Crippen LogP contribution in [0.5, 0.6) is 17.2 Å². The van der Waals surface area contributed by atoms with Crippen molar-refractivity contribution in [2.45, 2.75) is 52.4 Å². The number of nitrogens with zero attached hydrogens (tertiary/aromatic N) is 7. The summed E-state index contributed by atoms with van der Waals surface area (Å²) in [6.07, 6.45) is -0.0377. The molecular formula is C41H38N8O9. The SMILES string of the molecule is CCc1c2c(nc3ccc(O)cc13)-c1cc3c(c(=O)n1C2)COC(=O)[C@H]3OC(=O)N1CCN(c2ccc(-n3c(-c4cc(C(C)C)c(O)cc4O)n[nH]c3=O)cn2)CC1. The molecule has 9 rings (SSSR count). The minimum absolute atomic E-state index is 0.0555. The van der Waals surface area contributed by atoms with E-state index in [1.165, 1.54) is 21.7 Å². The van der Waals surface area contributed by atoms with E-state index in [0.717, 1.165) is 16.5 Å². The molecule has 3 aliphatic rings. The Balaban J connectivity index is 0.915. The number of carbonyl (C=O) groups is 2. The van der Waals surface area contributed by atoms with Crippen LogP contribution in [0.4, 0.5) is 10.6 Å². The normalized spacial score (nSPS) is 16.0. The molecule has 0 unspecified atom stereocenters. The van der Waals surface area contributed by atoms with Gasteiger partial charge < -0.3 is 39.2 Å². The van der Waals surface area contributed by atoms with E-state index in [4.69, 9.17) is 14.5 Å². The number of fused-ring (bicyclic) bond motifs is 5. The van der Waals surface area contributed by atoms with Gasteiger partial charge in [-0.25, -0.2) is 34.0 Å². The minimum Gasteiger partial charge on any atom is -0.508 e. The third-order valence-electron chi connectivity index (χ3n) is 11.1. The zero-order valence-corrected chi connectivity index (χ0v) is 31.7. The predicted octanol–water partition coefficient (Wildman–Crippen LogP) is 4.22. The van der Waals surface area contributed by atoms with E-state index in [9.17, 15) is 34.5 Å². The highest BCUT2D eigenvalue weighted by atomic mass is 16.6. The molecule has 17 nitrogen and oxygen atoms in total. The summed E-state index contributed by atoms with van der Waals surface area (Å²) in [7, 11) is 0. The van der Waals surface area contributed by atoms with Crippen LogP contribution in [0.1, 0.15) is 60.6 Å². The highest BCUT2D eigenvalue weighted by Crippen LogP contribution is 2.40. The molecule has 1 amide bonds. The second kappa shape index (κ2) is 13.8. The average Bonchev–Trinajstić information content (AvgIpc) is 3.78. The fourth-order valence-electron chi connectivity index (χ4n) is 8.14. The molecule has 6 aromatic rings. The Morgan fingerprint density at radius 3 is 2.50 bits per heavy atom. The van der Waals surface area contributed by atoms with Gasteiger partial charge in [-0.3, -0.25) is 4.79 Å². The lowest BCUT2D eigenvalue weighted by atomic mass is 9.97. The number of ether oxygens (including phenoxy) is 2. The summed E-state index contributed by atoms with van der Waals surface area (Å²) < 4.78 is 14.0. The number of phenolic OH excluding ortho intramolecular Hbond substituents is 3. The van der Waals surface area contributed by atoms with Gasteiger partial charge in [0.1, 0.15) is 29.7 Å². The fourth-order valence-corrected chi connectivity index (χ4v) is 8.14. The Morgan fingerprint density at radius 1 is 0.983 bits per heavy atom. The van der Waals surface area contributed by atoms with E-state index in [2.05, 4.69) is 15.2 Å². The predicted molar refractivity (Wildman–Crippen MR) is 209 cm³/mol. The van der Waals surface area contributed by atoms with E-state index in [0.29, 0.717) is 53.5 Å². The van der Waals surface area contributed by atoms with Gasteiger partial charge in [-0.2, -0.15) is 5.10 Å². The summed E-state index contributed by atoms with van der Waals surface area (Å²) in [5.74, 6) is -0.273. The first-order chi connectivity index (χ1) is 27.9. The highest BCUT2D eigenvalue weighted by Gasteiger charge is 2.39. The van der Waals surface area contributed by atoms with Gasteiger partial charge in [-0.15, -0.1) is 0 Å². The number of esters is 1. The Kier molecular flexibility index (Phi) is 8.67. The number of aryl methyl sites for hydroxylation is 1. The van der Waals surface area contributed by atoms with Crippen LogP contribution in [0.2, 0.25) is 0 Å². The Bertz CT molecular complexity index is 2800. The number of aromatic amines is 1. The molecule has 0 saturated carbocycles. The van der Waals surface area contributed by atoms with Gasteiger partial charge in [0.2, 0.25) is 6.10 Å². The number of benzene rings is 2. The molecule has 4 aromatic heterocycles. The van der Waals surface area contributed by atoms with Gasteiger partial charge in [-0.1, -0.05) is 20.8 Å². The van der Waals surface area contributed by atoms with Crippen molar-refractivity contribution in [3.8, 4) is 45.7 Å².